The van der Waals surface area contributed by atoms with Crippen LogP contribution in [0.25, 0.3) is 6.08 Å². The van der Waals surface area contributed by atoms with Crippen LogP contribution in [0.15, 0.2) is 29.2 Å². The summed E-state index contributed by atoms with van der Waals surface area (Å²) in [4.78, 5) is 26.9. The van der Waals surface area contributed by atoms with Crippen LogP contribution in [-0.4, -0.2) is 53.0 Å². The van der Waals surface area contributed by atoms with Crippen molar-refractivity contribution < 1.29 is 18.0 Å². The summed E-state index contributed by atoms with van der Waals surface area (Å²) in [6.07, 6.45) is 2.08. The van der Waals surface area contributed by atoms with Crippen LogP contribution in [0.3, 0.4) is 0 Å². The third kappa shape index (κ3) is 4.71. The molecule has 2 aliphatic rings. The Bertz CT molecular complexity index is 928. The molecule has 144 valence electrons. The van der Waals surface area contributed by atoms with Crippen LogP contribution in [0.5, 0.6) is 0 Å². The molecule has 1 aromatic carbocycles. The molecule has 2 saturated heterocycles. The van der Waals surface area contributed by atoms with Gasteiger partial charge < -0.3 is 5.32 Å². The van der Waals surface area contributed by atoms with E-state index in [9.17, 15) is 18.0 Å². The summed E-state index contributed by atoms with van der Waals surface area (Å²) >= 11 is 12.3. The van der Waals surface area contributed by atoms with Gasteiger partial charge in [0.25, 0.3) is 5.91 Å². The standard InChI is InChI=1S/C17H17ClN2O4S3/c1-10(15(21)19-13-6-7-27(23,24)9-13)20-16(22)14(26-17(20)25)8-11-2-4-12(18)5-3-11/h2-5,8,10,13H,6-7,9H2,1H3,(H,19,21)/b14-8-. The molecular formula is C17H17ClN2O4S3. The fraction of sp³-hybridized carbons (Fsp3) is 0.353. The summed E-state index contributed by atoms with van der Waals surface area (Å²) in [6.45, 7) is 1.58. The quantitative estimate of drug-likeness (QED) is 0.566. The molecule has 2 unspecified atom stereocenters. The Morgan fingerprint density at radius 2 is 2.07 bits per heavy atom. The van der Waals surface area contributed by atoms with Crippen LogP contribution in [-0.2, 0) is 19.4 Å². The summed E-state index contributed by atoms with van der Waals surface area (Å²) in [5.41, 5.74) is 0.799. The molecular weight excluding hydrogens is 428 g/mol. The molecule has 0 saturated carbocycles. The van der Waals surface area contributed by atoms with Crippen molar-refractivity contribution in [3.05, 3.63) is 39.8 Å². The maximum atomic E-state index is 12.7. The number of thiocarbonyl (C=S) groups is 1. The molecule has 0 aromatic heterocycles. The van der Waals surface area contributed by atoms with Gasteiger partial charge >= 0.3 is 0 Å². The lowest BCUT2D eigenvalue weighted by Gasteiger charge is -2.23. The van der Waals surface area contributed by atoms with Gasteiger partial charge in [-0.05, 0) is 37.1 Å². The van der Waals surface area contributed by atoms with Gasteiger partial charge in [0.2, 0.25) is 5.91 Å². The minimum absolute atomic E-state index is 0.0667. The second kappa shape index (κ2) is 7.90. The van der Waals surface area contributed by atoms with Crippen LogP contribution in [0.2, 0.25) is 5.02 Å². The Morgan fingerprint density at radius 3 is 2.67 bits per heavy atom. The average molecular weight is 445 g/mol. The zero-order chi connectivity index (χ0) is 19.8. The summed E-state index contributed by atoms with van der Waals surface area (Å²) < 4.78 is 23.4. The first-order valence-corrected chi connectivity index (χ1v) is 11.6. The molecule has 0 spiro atoms. The van der Waals surface area contributed by atoms with Crippen molar-refractivity contribution in [2.24, 2.45) is 0 Å². The lowest BCUT2D eigenvalue weighted by molar-refractivity contribution is -0.132. The molecule has 0 radical (unpaired) electrons. The number of hydrogen-bond acceptors (Lipinski definition) is 6. The van der Waals surface area contributed by atoms with Gasteiger partial charge in [0, 0.05) is 11.1 Å². The normalized spacial score (nSPS) is 24.4. The molecule has 1 N–H and O–H groups in total. The number of hydrogen-bond donors (Lipinski definition) is 1. The van der Waals surface area contributed by atoms with Crippen LogP contribution in [0.4, 0.5) is 0 Å². The van der Waals surface area contributed by atoms with Gasteiger partial charge in [-0.2, -0.15) is 0 Å². The van der Waals surface area contributed by atoms with Gasteiger partial charge in [-0.25, -0.2) is 8.42 Å². The van der Waals surface area contributed by atoms with Crippen molar-refractivity contribution >= 4 is 67.6 Å². The highest BCUT2D eigenvalue weighted by Crippen LogP contribution is 2.34. The number of nitrogens with zero attached hydrogens (tertiary/aromatic N) is 1. The molecule has 2 aliphatic heterocycles. The highest BCUT2D eigenvalue weighted by molar-refractivity contribution is 8.26. The van der Waals surface area contributed by atoms with Gasteiger partial charge in [-0.15, -0.1) is 0 Å². The molecule has 10 heteroatoms. The first kappa shape index (κ1) is 20.3. The first-order chi connectivity index (χ1) is 12.7. The number of amides is 2. The smallest absolute Gasteiger partial charge is 0.266 e. The molecule has 2 atom stereocenters. The fourth-order valence-electron chi connectivity index (χ4n) is 2.87. The second-order valence-corrected chi connectivity index (χ2v) is 10.7. The number of carbonyl (C=O) groups excluding carboxylic acids is 2. The van der Waals surface area contributed by atoms with Crippen molar-refractivity contribution in [3.8, 4) is 0 Å². The lowest BCUT2D eigenvalue weighted by atomic mass is 10.2. The summed E-state index contributed by atoms with van der Waals surface area (Å²) in [5.74, 6) is -0.764. The van der Waals surface area contributed by atoms with Crippen LogP contribution in [0.1, 0.15) is 18.9 Å². The Hall–Kier alpha value is -1.42. The molecule has 2 amide bonds. The third-order valence-electron chi connectivity index (χ3n) is 4.34. The predicted octanol–water partition coefficient (Wildman–Crippen LogP) is 2.23. The molecule has 2 heterocycles. The maximum absolute atomic E-state index is 12.7. The number of sulfone groups is 1. The number of nitrogens with one attached hydrogen (secondary N) is 1. The third-order valence-corrected chi connectivity index (χ3v) is 7.69. The average Bonchev–Trinajstić information content (AvgIpc) is 3.07. The SMILES string of the molecule is CC(C(=O)NC1CCS(=O)(=O)C1)N1C(=O)/C(=C/c2ccc(Cl)cc2)SC1=S. The summed E-state index contributed by atoms with van der Waals surface area (Å²) in [5, 5.41) is 3.30. The van der Waals surface area contributed by atoms with Crippen LogP contribution < -0.4 is 5.32 Å². The molecule has 3 rings (SSSR count). The minimum Gasteiger partial charge on any atom is -0.351 e. The van der Waals surface area contributed by atoms with Crippen LogP contribution >= 0.6 is 35.6 Å². The van der Waals surface area contributed by atoms with E-state index in [-0.39, 0.29) is 17.4 Å². The number of rotatable bonds is 4. The van der Waals surface area contributed by atoms with Gasteiger partial charge in [-0.3, -0.25) is 14.5 Å². The topological polar surface area (TPSA) is 83.6 Å². The van der Waals surface area contributed by atoms with E-state index in [1.54, 1.807) is 37.3 Å². The Morgan fingerprint density at radius 1 is 1.41 bits per heavy atom. The largest absolute Gasteiger partial charge is 0.351 e. The van der Waals surface area contributed by atoms with E-state index in [0.717, 1.165) is 17.3 Å². The number of thioether (sulfide) groups is 1. The molecule has 27 heavy (non-hydrogen) atoms. The van der Waals surface area contributed by atoms with Gasteiger partial charge in [0.15, 0.2) is 9.84 Å². The van der Waals surface area contributed by atoms with E-state index in [0.29, 0.717) is 20.7 Å². The van der Waals surface area contributed by atoms with Crippen molar-refractivity contribution in [1.29, 1.82) is 0 Å². The van der Waals surface area contributed by atoms with E-state index in [1.807, 2.05) is 0 Å². The van der Waals surface area contributed by atoms with Gasteiger partial charge in [0.05, 0.1) is 16.4 Å². The molecule has 1 aromatic rings. The van der Waals surface area contributed by atoms with Gasteiger partial charge in [-0.1, -0.05) is 47.7 Å². The van der Waals surface area contributed by atoms with E-state index in [1.165, 1.54) is 4.90 Å². The maximum Gasteiger partial charge on any atom is 0.266 e. The summed E-state index contributed by atoms with van der Waals surface area (Å²) in [7, 11) is -3.10. The van der Waals surface area contributed by atoms with Crippen molar-refractivity contribution in [2.75, 3.05) is 11.5 Å². The highest BCUT2D eigenvalue weighted by Gasteiger charge is 2.39. The molecule has 0 bridgehead atoms. The van der Waals surface area contributed by atoms with E-state index in [2.05, 4.69) is 5.32 Å². The zero-order valence-electron chi connectivity index (χ0n) is 14.3. The number of carbonyl (C=O) groups is 2. The Labute approximate surface area is 172 Å². The van der Waals surface area contributed by atoms with E-state index >= 15 is 0 Å². The van der Waals surface area contributed by atoms with Gasteiger partial charge in [0.1, 0.15) is 10.4 Å². The Balaban J connectivity index is 1.70. The summed E-state index contributed by atoms with van der Waals surface area (Å²) in [6, 6.07) is 5.77. The van der Waals surface area contributed by atoms with Crippen LogP contribution in [0, 0.1) is 0 Å². The molecule has 2 fully saturated rings. The van der Waals surface area contributed by atoms with Crippen molar-refractivity contribution in [2.45, 2.75) is 25.4 Å². The minimum atomic E-state index is -3.10. The van der Waals surface area contributed by atoms with E-state index < -0.39 is 27.8 Å². The van der Waals surface area contributed by atoms with Crippen molar-refractivity contribution in [3.63, 3.8) is 0 Å². The van der Waals surface area contributed by atoms with E-state index in [4.69, 9.17) is 23.8 Å². The molecule has 0 aliphatic carbocycles. The predicted molar refractivity (Wildman–Crippen MR) is 111 cm³/mol. The highest BCUT2D eigenvalue weighted by atomic mass is 35.5. The Kier molecular flexibility index (Phi) is 5.95. The number of benzene rings is 1. The second-order valence-electron chi connectivity index (χ2n) is 6.39. The molecule has 6 nitrogen and oxygen atoms in total. The monoisotopic (exact) mass is 444 g/mol. The number of halogens is 1. The fourth-order valence-corrected chi connectivity index (χ4v) is 6.09. The lowest BCUT2D eigenvalue weighted by Crippen LogP contribution is -2.50. The first-order valence-electron chi connectivity index (χ1n) is 8.20. The zero-order valence-corrected chi connectivity index (χ0v) is 17.6. The van der Waals surface area contributed by atoms with Crippen molar-refractivity contribution in [1.82, 2.24) is 10.2 Å².